The first-order valence-corrected chi connectivity index (χ1v) is 3.73. The van der Waals surface area contributed by atoms with Crippen molar-refractivity contribution in [3.05, 3.63) is 29.8 Å². The van der Waals surface area contributed by atoms with E-state index >= 15 is 0 Å². The standard InChI is InChI=1S/C8H8F3NO2/c9-8(10,11)14-7-4-2-1-3-6(7)5-12-13/h1-4,12-13H,5H2. The van der Waals surface area contributed by atoms with E-state index < -0.39 is 6.36 Å². The summed E-state index contributed by atoms with van der Waals surface area (Å²) in [5.74, 6) is -0.318. The lowest BCUT2D eigenvalue weighted by atomic mass is 10.2. The summed E-state index contributed by atoms with van der Waals surface area (Å²) >= 11 is 0. The minimum atomic E-state index is -4.72. The van der Waals surface area contributed by atoms with Crippen molar-refractivity contribution in [1.82, 2.24) is 5.48 Å². The maximum Gasteiger partial charge on any atom is 0.573 e. The molecule has 0 aliphatic heterocycles. The summed E-state index contributed by atoms with van der Waals surface area (Å²) in [7, 11) is 0. The van der Waals surface area contributed by atoms with Gasteiger partial charge in [0.25, 0.3) is 0 Å². The molecular formula is C8H8F3NO2. The van der Waals surface area contributed by atoms with Crippen LogP contribution in [0.15, 0.2) is 24.3 Å². The van der Waals surface area contributed by atoms with Gasteiger partial charge in [0.15, 0.2) is 0 Å². The van der Waals surface area contributed by atoms with Gasteiger partial charge in [-0.15, -0.1) is 13.2 Å². The van der Waals surface area contributed by atoms with Crippen LogP contribution in [-0.2, 0) is 6.54 Å². The summed E-state index contributed by atoms with van der Waals surface area (Å²) in [4.78, 5) is 0. The highest BCUT2D eigenvalue weighted by Crippen LogP contribution is 2.25. The van der Waals surface area contributed by atoms with Crippen LogP contribution in [-0.4, -0.2) is 11.6 Å². The molecule has 0 amide bonds. The molecule has 0 unspecified atom stereocenters. The van der Waals surface area contributed by atoms with Crippen LogP contribution in [0, 0.1) is 0 Å². The topological polar surface area (TPSA) is 41.5 Å². The molecule has 1 aromatic rings. The summed E-state index contributed by atoms with van der Waals surface area (Å²) in [6, 6.07) is 5.57. The normalized spacial score (nSPS) is 11.4. The summed E-state index contributed by atoms with van der Waals surface area (Å²) in [5, 5.41) is 8.36. The van der Waals surface area contributed by atoms with Gasteiger partial charge >= 0.3 is 6.36 Å². The zero-order valence-corrected chi connectivity index (χ0v) is 7.01. The number of benzene rings is 1. The van der Waals surface area contributed by atoms with Gasteiger partial charge in [0.2, 0.25) is 0 Å². The second-order valence-electron chi connectivity index (χ2n) is 2.49. The van der Waals surface area contributed by atoms with Gasteiger partial charge in [-0.05, 0) is 6.07 Å². The quantitative estimate of drug-likeness (QED) is 0.745. The molecule has 0 spiro atoms. The van der Waals surface area contributed by atoms with Crippen LogP contribution in [0.3, 0.4) is 0 Å². The van der Waals surface area contributed by atoms with Gasteiger partial charge in [-0.25, -0.2) is 5.48 Å². The van der Waals surface area contributed by atoms with Crippen molar-refractivity contribution in [2.24, 2.45) is 0 Å². The molecule has 14 heavy (non-hydrogen) atoms. The highest BCUT2D eigenvalue weighted by Gasteiger charge is 2.31. The molecule has 0 radical (unpaired) electrons. The van der Waals surface area contributed by atoms with Gasteiger partial charge in [-0.3, -0.25) is 0 Å². The lowest BCUT2D eigenvalue weighted by Crippen LogP contribution is -2.19. The van der Waals surface area contributed by atoms with Crippen molar-refractivity contribution < 1.29 is 23.1 Å². The van der Waals surface area contributed by atoms with E-state index in [1.807, 2.05) is 0 Å². The van der Waals surface area contributed by atoms with Crippen molar-refractivity contribution in [3.63, 3.8) is 0 Å². The van der Waals surface area contributed by atoms with Crippen LogP contribution < -0.4 is 10.2 Å². The molecule has 0 saturated heterocycles. The van der Waals surface area contributed by atoms with Crippen LogP contribution in [0.2, 0.25) is 0 Å². The molecule has 6 heteroatoms. The highest BCUT2D eigenvalue weighted by atomic mass is 19.4. The molecule has 0 aliphatic rings. The van der Waals surface area contributed by atoms with Crippen molar-refractivity contribution in [1.29, 1.82) is 0 Å². The molecule has 78 valence electrons. The number of para-hydroxylation sites is 1. The minimum absolute atomic E-state index is 0.105. The molecule has 0 saturated carbocycles. The predicted octanol–water partition coefficient (Wildman–Crippen LogP) is 2.06. The van der Waals surface area contributed by atoms with Crippen LogP contribution in [0.25, 0.3) is 0 Å². The number of hydroxylamine groups is 1. The maximum absolute atomic E-state index is 11.9. The number of alkyl halides is 3. The molecule has 1 aromatic carbocycles. The Morgan fingerprint density at radius 2 is 1.93 bits per heavy atom. The molecule has 0 atom stereocenters. The van der Waals surface area contributed by atoms with Gasteiger partial charge in [-0.2, -0.15) is 0 Å². The van der Waals surface area contributed by atoms with E-state index in [9.17, 15) is 13.2 Å². The third kappa shape index (κ3) is 3.23. The Labute approximate surface area is 78.1 Å². The lowest BCUT2D eigenvalue weighted by molar-refractivity contribution is -0.275. The Bertz CT molecular complexity index is 301. The van der Waals surface area contributed by atoms with Gasteiger partial charge in [-0.1, -0.05) is 18.2 Å². The number of nitrogens with one attached hydrogen (secondary N) is 1. The van der Waals surface area contributed by atoms with E-state index in [1.165, 1.54) is 18.2 Å². The van der Waals surface area contributed by atoms with Gasteiger partial charge < -0.3 is 9.94 Å². The smallest absolute Gasteiger partial charge is 0.405 e. The Kier molecular flexibility index (Phi) is 3.32. The van der Waals surface area contributed by atoms with E-state index in [-0.39, 0.29) is 17.9 Å². The predicted molar refractivity (Wildman–Crippen MR) is 41.8 cm³/mol. The molecule has 0 fully saturated rings. The lowest BCUT2D eigenvalue weighted by Gasteiger charge is -2.12. The van der Waals surface area contributed by atoms with E-state index in [1.54, 1.807) is 11.5 Å². The van der Waals surface area contributed by atoms with Crippen molar-refractivity contribution >= 4 is 0 Å². The molecule has 1 rings (SSSR count). The zero-order chi connectivity index (χ0) is 10.6. The zero-order valence-electron chi connectivity index (χ0n) is 7.01. The number of rotatable bonds is 3. The van der Waals surface area contributed by atoms with Crippen LogP contribution in [0.5, 0.6) is 5.75 Å². The summed E-state index contributed by atoms with van der Waals surface area (Å²) in [6.07, 6.45) is -4.72. The number of ether oxygens (including phenoxy) is 1. The van der Waals surface area contributed by atoms with Gasteiger partial charge in [0.05, 0.1) is 0 Å². The average Bonchev–Trinajstić information content (AvgIpc) is 2.06. The Morgan fingerprint density at radius 1 is 1.29 bits per heavy atom. The third-order valence-corrected chi connectivity index (χ3v) is 1.47. The fraction of sp³-hybridized carbons (Fsp3) is 0.250. The van der Waals surface area contributed by atoms with Gasteiger partial charge in [0, 0.05) is 12.1 Å². The molecule has 0 bridgehead atoms. The molecule has 3 nitrogen and oxygen atoms in total. The number of hydrogen-bond acceptors (Lipinski definition) is 3. The molecule has 2 N–H and O–H groups in total. The first-order valence-electron chi connectivity index (χ1n) is 3.73. The first kappa shape index (κ1) is 10.8. The summed E-state index contributed by atoms with van der Waals surface area (Å²) in [5.41, 5.74) is 1.99. The Balaban J connectivity index is 2.84. The summed E-state index contributed by atoms with van der Waals surface area (Å²) in [6.45, 7) is -0.105. The Morgan fingerprint density at radius 3 is 2.50 bits per heavy atom. The number of halogens is 3. The SMILES string of the molecule is ONCc1ccccc1OC(F)(F)F. The highest BCUT2D eigenvalue weighted by molar-refractivity contribution is 5.33. The van der Waals surface area contributed by atoms with E-state index in [2.05, 4.69) is 4.74 Å². The molecule has 0 aromatic heterocycles. The van der Waals surface area contributed by atoms with E-state index in [0.29, 0.717) is 0 Å². The second kappa shape index (κ2) is 4.30. The molecule has 0 heterocycles. The van der Waals surface area contributed by atoms with Crippen molar-refractivity contribution in [2.45, 2.75) is 12.9 Å². The van der Waals surface area contributed by atoms with Crippen LogP contribution in [0.4, 0.5) is 13.2 Å². The monoisotopic (exact) mass is 207 g/mol. The average molecular weight is 207 g/mol. The second-order valence-corrected chi connectivity index (χ2v) is 2.49. The van der Waals surface area contributed by atoms with E-state index in [0.717, 1.165) is 0 Å². The molecular weight excluding hydrogens is 199 g/mol. The summed E-state index contributed by atoms with van der Waals surface area (Å²) < 4.78 is 39.3. The fourth-order valence-electron chi connectivity index (χ4n) is 0.959. The Hall–Kier alpha value is -1.27. The van der Waals surface area contributed by atoms with Crippen molar-refractivity contribution in [2.75, 3.05) is 0 Å². The van der Waals surface area contributed by atoms with Crippen LogP contribution in [0.1, 0.15) is 5.56 Å². The first-order chi connectivity index (χ1) is 6.53. The van der Waals surface area contributed by atoms with Gasteiger partial charge in [0.1, 0.15) is 5.75 Å². The maximum atomic E-state index is 11.9. The number of hydrogen-bond donors (Lipinski definition) is 2. The minimum Gasteiger partial charge on any atom is -0.405 e. The fourth-order valence-corrected chi connectivity index (χ4v) is 0.959. The van der Waals surface area contributed by atoms with Crippen LogP contribution >= 0.6 is 0 Å². The van der Waals surface area contributed by atoms with Crippen molar-refractivity contribution in [3.8, 4) is 5.75 Å². The van der Waals surface area contributed by atoms with E-state index in [4.69, 9.17) is 5.21 Å². The largest absolute Gasteiger partial charge is 0.573 e. The third-order valence-electron chi connectivity index (χ3n) is 1.47. The molecule has 0 aliphatic carbocycles.